The molecule has 2 heterocycles. The minimum Gasteiger partial charge on any atom is -0.420 e. The molecule has 7 nitrogen and oxygen atoms in total. The highest BCUT2D eigenvalue weighted by atomic mass is 32.2. The summed E-state index contributed by atoms with van der Waals surface area (Å²) in [5, 5.41) is 9.49. The zero-order valence-electron chi connectivity index (χ0n) is 18.3. The van der Waals surface area contributed by atoms with E-state index in [9.17, 15) is 18.1 Å². The van der Waals surface area contributed by atoms with Crippen molar-refractivity contribution in [1.82, 2.24) is 9.29 Å². The van der Waals surface area contributed by atoms with Gasteiger partial charge in [0.15, 0.2) is 0 Å². The molecule has 4 rings (SSSR count). The van der Waals surface area contributed by atoms with E-state index in [4.69, 9.17) is 4.42 Å². The number of anilines is 1. The Hall–Kier alpha value is -3.48. The summed E-state index contributed by atoms with van der Waals surface area (Å²) in [5.41, 5.74) is 2.63. The summed E-state index contributed by atoms with van der Waals surface area (Å²) in [7, 11) is -3.61. The number of aromatic nitrogens is 1. The third-order valence-electron chi connectivity index (χ3n) is 5.49. The number of nitriles is 1. The van der Waals surface area contributed by atoms with Gasteiger partial charge in [0, 0.05) is 32.3 Å². The molecule has 1 aliphatic rings. The number of rotatable bonds is 5. The molecule has 9 heteroatoms. The Balaban J connectivity index is 1.48. The molecule has 1 saturated heterocycles. The maximum absolute atomic E-state index is 13.1. The second-order valence-electron chi connectivity index (χ2n) is 7.86. The van der Waals surface area contributed by atoms with Crippen molar-refractivity contribution in [2.24, 2.45) is 0 Å². The Morgan fingerprint density at radius 1 is 1.06 bits per heavy atom. The smallest absolute Gasteiger partial charge is 0.243 e. The molecule has 1 aliphatic heterocycles. The summed E-state index contributed by atoms with van der Waals surface area (Å²) in [4.78, 5) is 6.35. The van der Waals surface area contributed by atoms with Gasteiger partial charge in [-0.3, -0.25) is 0 Å². The van der Waals surface area contributed by atoms with Crippen LogP contribution in [0, 0.1) is 31.0 Å². The van der Waals surface area contributed by atoms with E-state index in [0.717, 1.165) is 16.7 Å². The van der Waals surface area contributed by atoms with Gasteiger partial charge in [0.25, 0.3) is 0 Å². The van der Waals surface area contributed by atoms with Crippen LogP contribution < -0.4 is 4.90 Å². The predicted molar refractivity (Wildman–Crippen MR) is 123 cm³/mol. The van der Waals surface area contributed by atoms with Gasteiger partial charge in [0.1, 0.15) is 11.9 Å². The summed E-state index contributed by atoms with van der Waals surface area (Å²) in [6.07, 6.45) is 3.32. The fourth-order valence-electron chi connectivity index (χ4n) is 3.79. The number of benzene rings is 2. The number of nitrogens with zero attached hydrogens (tertiary/aromatic N) is 4. The van der Waals surface area contributed by atoms with Crippen molar-refractivity contribution < 1.29 is 17.2 Å². The van der Waals surface area contributed by atoms with Gasteiger partial charge in [-0.1, -0.05) is 29.8 Å². The Morgan fingerprint density at radius 2 is 1.76 bits per heavy atom. The lowest BCUT2D eigenvalue weighted by atomic mass is 10.2. The van der Waals surface area contributed by atoms with Crippen molar-refractivity contribution in [1.29, 1.82) is 5.26 Å². The average molecular weight is 467 g/mol. The van der Waals surface area contributed by atoms with Crippen LogP contribution in [0.25, 0.3) is 12.2 Å². The SMILES string of the molecule is Cc1ccc(S(=O)(=O)N2CCN(c3oc(/C=C/c4ccc(F)cc4)nc3C#N)CC2)c(C)c1. The molecule has 0 spiro atoms. The van der Waals surface area contributed by atoms with Crippen LogP contribution in [-0.4, -0.2) is 43.9 Å². The molecule has 0 amide bonds. The Labute approximate surface area is 192 Å². The van der Waals surface area contributed by atoms with E-state index >= 15 is 0 Å². The van der Waals surface area contributed by atoms with E-state index < -0.39 is 10.0 Å². The molecule has 33 heavy (non-hydrogen) atoms. The monoisotopic (exact) mass is 466 g/mol. The summed E-state index contributed by atoms with van der Waals surface area (Å²) >= 11 is 0. The Kier molecular flexibility index (Phi) is 6.31. The molecule has 3 aromatic rings. The molecule has 0 unspecified atom stereocenters. The van der Waals surface area contributed by atoms with Gasteiger partial charge in [-0.15, -0.1) is 0 Å². The summed E-state index contributed by atoms with van der Waals surface area (Å²) in [6.45, 7) is 4.99. The zero-order chi connectivity index (χ0) is 23.6. The molecule has 0 aliphatic carbocycles. The van der Waals surface area contributed by atoms with E-state index in [0.29, 0.717) is 23.9 Å². The molecular weight excluding hydrogens is 443 g/mol. The largest absolute Gasteiger partial charge is 0.420 e. The highest BCUT2D eigenvalue weighted by molar-refractivity contribution is 7.89. The average Bonchev–Trinajstić information content (AvgIpc) is 3.22. The zero-order valence-corrected chi connectivity index (χ0v) is 19.1. The maximum Gasteiger partial charge on any atom is 0.243 e. The third-order valence-corrected chi connectivity index (χ3v) is 7.55. The van der Waals surface area contributed by atoms with Gasteiger partial charge in [-0.05, 0) is 49.2 Å². The lowest BCUT2D eigenvalue weighted by Gasteiger charge is -2.34. The molecule has 2 aromatic carbocycles. The molecule has 0 radical (unpaired) electrons. The van der Waals surface area contributed by atoms with Gasteiger partial charge in [0.05, 0.1) is 4.90 Å². The lowest BCUT2D eigenvalue weighted by Crippen LogP contribution is -2.48. The molecule has 1 aromatic heterocycles. The predicted octanol–water partition coefficient (Wildman–Crippen LogP) is 3.98. The first-order valence-corrected chi connectivity index (χ1v) is 11.9. The second kappa shape index (κ2) is 9.17. The van der Waals surface area contributed by atoms with Crippen LogP contribution in [0.1, 0.15) is 28.3 Å². The topological polar surface area (TPSA) is 90.4 Å². The number of hydrogen-bond acceptors (Lipinski definition) is 6. The number of sulfonamides is 1. The van der Waals surface area contributed by atoms with E-state index in [1.807, 2.05) is 24.0 Å². The molecule has 0 bridgehead atoms. The normalized spacial score (nSPS) is 15.2. The van der Waals surface area contributed by atoms with Crippen LogP contribution in [-0.2, 0) is 10.0 Å². The lowest BCUT2D eigenvalue weighted by molar-refractivity contribution is 0.373. The number of aryl methyl sites for hydroxylation is 2. The molecule has 1 fully saturated rings. The van der Waals surface area contributed by atoms with E-state index in [1.54, 1.807) is 43.3 Å². The highest BCUT2D eigenvalue weighted by Crippen LogP contribution is 2.27. The molecular formula is C24H23FN4O3S. The van der Waals surface area contributed by atoms with Crippen LogP contribution in [0.4, 0.5) is 10.3 Å². The van der Waals surface area contributed by atoms with E-state index in [2.05, 4.69) is 4.98 Å². The van der Waals surface area contributed by atoms with Crippen molar-refractivity contribution in [3.63, 3.8) is 0 Å². The summed E-state index contributed by atoms with van der Waals surface area (Å²) < 4.78 is 46.5. The van der Waals surface area contributed by atoms with Crippen LogP contribution >= 0.6 is 0 Å². The van der Waals surface area contributed by atoms with Gasteiger partial charge in [-0.25, -0.2) is 12.8 Å². The molecule has 170 valence electrons. The third kappa shape index (κ3) is 4.82. The quantitative estimate of drug-likeness (QED) is 0.565. The first-order valence-electron chi connectivity index (χ1n) is 10.4. The van der Waals surface area contributed by atoms with Crippen molar-refractivity contribution in [2.45, 2.75) is 18.7 Å². The highest BCUT2D eigenvalue weighted by Gasteiger charge is 2.31. The van der Waals surface area contributed by atoms with Crippen LogP contribution in [0.5, 0.6) is 0 Å². The fourth-order valence-corrected chi connectivity index (χ4v) is 5.42. The minimum atomic E-state index is -3.61. The second-order valence-corrected chi connectivity index (χ2v) is 9.77. The molecule has 0 atom stereocenters. The number of halogens is 1. The standard InChI is InChI=1S/C24H23FN4O3S/c1-17-3-9-22(18(2)15-17)33(30,31)29-13-11-28(12-14-29)24-21(16-26)27-23(32-24)10-6-19-4-7-20(25)8-5-19/h3-10,15H,11-14H2,1-2H3/b10-6+. The number of oxazole rings is 1. The van der Waals surface area contributed by atoms with E-state index in [-0.39, 0.29) is 30.5 Å². The van der Waals surface area contributed by atoms with Gasteiger partial charge < -0.3 is 9.32 Å². The van der Waals surface area contributed by atoms with Crippen molar-refractivity contribution in [3.8, 4) is 6.07 Å². The van der Waals surface area contributed by atoms with Gasteiger partial charge in [0.2, 0.25) is 27.5 Å². The van der Waals surface area contributed by atoms with Gasteiger partial charge in [-0.2, -0.15) is 14.6 Å². The minimum absolute atomic E-state index is 0.138. The first kappa shape index (κ1) is 22.7. The summed E-state index contributed by atoms with van der Waals surface area (Å²) in [5.74, 6) is 0.243. The Morgan fingerprint density at radius 3 is 2.39 bits per heavy atom. The Bertz CT molecular complexity index is 1330. The summed E-state index contributed by atoms with van der Waals surface area (Å²) in [6, 6.07) is 13.3. The molecule has 0 saturated carbocycles. The van der Waals surface area contributed by atoms with Gasteiger partial charge >= 0.3 is 0 Å². The van der Waals surface area contributed by atoms with Crippen molar-refractivity contribution >= 4 is 28.1 Å². The van der Waals surface area contributed by atoms with Crippen LogP contribution in [0.15, 0.2) is 51.8 Å². The van der Waals surface area contributed by atoms with Crippen molar-refractivity contribution in [3.05, 3.63) is 76.6 Å². The van der Waals surface area contributed by atoms with E-state index in [1.165, 1.54) is 16.4 Å². The van der Waals surface area contributed by atoms with Crippen LogP contribution in [0.2, 0.25) is 0 Å². The first-order chi connectivity index (χ1) is 15.8. The maximum atomic E-state index is 13.1. The molecule has 0 N–H and O–H groups in total. The van der Waals surface area contributed by atoms with Crippen LogP contribution in [0.3, 0.4) is 0 Å². The number of piperazine rings is 1. The van der Waals surface area contributed by atoms with Crippen molar-refractivity contribution in [2.75, 3.05) is 31.1 Å². The number of hydrogen-bond donors (Lipinski definition) is 0. The fraction of sp³-hybridized carbons (Fsp3) is 0.250.